The molecule has 0 bridgehead atoms. The molecule has 0 aromatic heterocycles. The number of ketones is 1. The number of esters is 1. The fraction of sp³-hybridized carbons (Fsp3) is 0.318. The Labute approximate surface area is 164 Å². The molecule has 148 valence electrons. The maximum atomic E-state index is 12.5. The highest BCUT2D eigenvalue weighted by Crippen LogP contribution is 2.19. The van der Waals surface area contributed by atoms with Crippen LogP contribution in [-0.2, 0) is 9.53 Å². The highest BCUT2D eigenvalue weighted by Gasteiger charge is 2.22. The van der Waals surface area contributed by atoms with E-state index in [9.17, 15) is 14.4 Å². The minimum Gasteiger partial charge on any atom is -0.497 e. The van der Waals surface area contributed by atoms with Gasteiger partial charge in [0.15, 0.2) is 6.10 Å². The van der Waals surface area contributed by atoms with Crippen molar-refractivity contribution in [3.63, 3.8) is 0 Å². The van der Waals surface area contributed by atoms with Gasteiger partial charge in [-0.15, -0.1) is 0 Å². The van der Waals surface area contributed by atoms with Crippen LogP contribution in [0.1, 0.15) is 48.4 Å². The number of amides is 1. The van der Waals surface area contributed by atoms with Crippen LogP contribution in [0, 0.1) is 5.41 Å². The average molecular weight is 383 g/mol. The molecular formula is C22H25NO5. The number of methoxy groups -OCH3 is 1. The number of rotatable bonds is 6. The van der Waals surface area contributed by atoms with Gasteiger partial charge in [-0.2, -0.15) is 0 Å². The Morgan fingerprint density at radius 2 is 1.61 bits per heavy atom. The van der Waals surface area contributed by atoms with Crippen LogP contribution in [0.2, 0.25) is 0 Å². The summed E-state index contributed by atoms with van der Waals surface area (Å²) in [6, 6.07) is 13.0. The van der Waals surface area contributed by atoms with Crippen molar-refractivity contribution in [2.45, 2.75) is 33.8 Å². The van der Waals surface area contributed by atoms with Crippen molar-refractivity contribution in [2.75, 3.05) is 12.4 Å². The first-order chi connectivity index (χ1) is 13.1. The van der Waals surface area contributed by atoms with E-state index >= 15 is 0 Å². The van der Waals surface area contributed by atoms with Crippen molar-refractivity contribution in [1.82, 2.24) is 0 Å². The van der Waals surface area contributed by atoms with Crippen LogP contribution in [0.5, 0.6) is 5.75 Å². The minimum atomic E-state index is -0.950. The number of nitrogens with one attached hydrogen (secondary N) is 1. The third-order valence-corrected chi connectivity index (χ3v) is 4.07. The van der Waals surface area contributed by atoms with Gasteiger partial charge in [-0.25, -0.2) is 4.79 Å². The van der Waals surface area contributed by atoms with Gasteiger partial charge in [-0.1, -0.05) is 26.8 Å². The van der Waals surface area contributed by atoms with E-state index in [0.717, 1.165) is 0 Å². The molecule has 2 aromatic carbocycles. The van der Waals surface area contributed by atoms with E-state index in [1.54, 1.807) is 48.5 Å². The second kappa shape index (κ2) is 8.69. The molecule has 6 heteroatoms. The second-order valence-corrected chi connectivity index (χ2v) is 7.43. The van der Waals surface area contributed by atoms with E-state index in [4.69, 9.17) is 9.47 Å². The second-order valence-electron chi connectivity index (χ2n) is 7.43. The zero-order valence-corrected chi connectivity index (χ0v) is 16.7. The number of hydrogen-bond acceptors (Lipinski definition) is 5. The van der Waals surface area contributed by atoms with E-state index in [1.165, 1.54) is 14.0 Å². The monoisotopic (exact) mass is 383 g/mol. The number of carbonyl (C=O) groups is 3. The van der Waals surface area contributed by atoms with Gasteiger partial charge in [-0.3, -0.25) is 9.59 Å². The number of carbonyl (C=O) groups excluding carboxylic acids is 3. The van der Waals surface area contributed by atoms with Gasteiger partial charge in [0, 0.05) is 16.7 Å². The van der Waals surface area contributed by atoms with Crippen LogP contribution in [0.4, 0.5) is 5.69 Å². The van der Waals surface area contributed by atoms with Crippen LogP contribution in [-0.4, -0.2) is 30.9 Å². The van der Waals surface area contributed by atoms with Crippen LogP contribution in [0.3, 0.4) is 0 Å². The van der Waals surface area contributed by atoms with E-state index < -0.39 is 17.5 Å². The number of benzene rings is 2. The standard InChI is InChI=1S/C22H25NO5/c1-14(28-20(25)16-7-6-8-18(13-16)27-5)19(24)15-9-11-17(12-10-15)23-21(26)22(2,3)4/h6-14H,1-5H3,(H,23,26)/t14-/m0/s1. The number of ether oxygens (including phenoxy) is 2. The summed E-state index contributed by atoms with van der Waals surface area (Å²) < 4.78 is 10.4. The minimum absolute atomic E-state index is 0.118. The Hall–Kier alpha value is -3.15. The van der Waals surface area contributed by atoms with Crippen molar-refractivity contribution < 1.29 is 23.9 Å². The SMILES string of the molecule is COc1cccc(C(=O)O[C@@H](C)C(=O)c2ccc(NC(=O)C(C)(C)C)cc2)c1. The molecule has 1 amide bonds. The fourth-order valence-corrected chi connectivity index (χ4v) is 2.30. The van der Waals surface area contributed by atoms with E-state index in [-0.39, 0.29) is 11.7 Å². The average Bonchev–Trinajstić information content (AvgIpc) is 2.67. The summed E-state index contributed by atoms with van der Waals surface area (Å²) in [4.78, 5) is 36.8. The van der Waals surface area contributed by atoms with Crippen molar-refractivity contribution in [3.8, 4) is 5.75 Å². The maximum absolute atomic E-state index is 12.5. The zero-order chi connectivity index (χ0) is 20.9. The lowest BCUT2D eigenvalue weighted by molar-refractivity contribution is -0.123. The van der Waals surface area contributed by atoms with Gasteiger partial charge in [0.1, 0.15) is 5.75 Å². The molecule has 0 heterocycles. The molecule has 1 N–H and O–H groups in total. The molecule has 0 radical (unpaired) electrons. The Balaban J connectivity index is 2.02. The fourth-order valence-electron chi connectivity index (χ4n) is 2.30. The number of anilines is 1. The first-order valence-corrected chi connectivity index (χ1v) is 8.92. The summed E-state index contributed by atoms with van der Waals surface area (Å²) in [5, 5.41) is 2.79. The molecule has 0 unspecified atom stereocenters. The lowest BCUT2D eigenvalue weighted by Gasteiger charge is -2.18. The summed E-state index contributed by atoms with van der Waals surface area (Å²) >= 11 is 0. The lowest BCUT2D eigenvalue weighted by atomic mass is 9.95. The summed E-state index contributed by atoms with van der Waals surface area (Å²) in [6.07, 6.45) is -0.950. The molecule has 1 atom stereocenters. The topological polar surface area (TPSA) is 81.7 Å². The molecular weight excluding hydrogens is 358 g/mol. The smallest absolute Gasteiger partial charge is 0.338 e. The molecule has 0 aliphatic heterocycles. The predicted molar refractivity (Wildman–Crippen MR) is 107 cm³/mol. The highest BCUT2D eigenvalue weighted by molar-refractivity contribution is 6.02. The van der Waals surface area contributed by atoms with E-state index in [0.29, 0.717) is 22.6 Å². The summed E-state index contributed by atoms with van der Waals surface area (Å²) in [7, 11) is 1.50. The molecule has 0 saturated heterocycles. The molecule has 0 aliphatic rings. The van der Waals surface area contributed by atoms with Crippen LogP contribution < -0.4 is 10.1 Å². The van der Waals surface area contributed by atoms with Crippen molar-refractivity contribution in [2.24, 2.45) is 5.41 Å². The molecule has 0 spiro atoms. The molecule has 2 aromatic rings. The Morgan fingerprint density at radius 3 is 2.18 bits per heavy atom. The van der Waals surface area contributed by atoms with Crippen molar-refractivity contribution >= 4 is 23.3 Å². The third kappa shape index (κ3) is 5.42. The van der Waals surface area contributed by atoms with Gasteiger partial charge in [0.25, 0.3) is 0 Å². The normalized spacial score (nSPS) is 12.0. The molecule has 0 saturated carbocycles. The molecule has 0 fully saturated rings. The Bertz CT molecular complexity index is 865. The highest BCUT2D eigenvalue weighted by atomic mass is 16.5. The van der Waals surface area contributed by atoms with E-state index in [1.807, 2.05) is 20.8 Å². The van der Waals surface area contributed by atoms with Crippen molar-refractivity contribution in [3.05, 3.63) is 59.7 Å². The summed E-state index contributed by atoms with van der Waals surface area (Å²) in [5.74, 6) is -0.521. The van der Waals surface area contributed by atoms with Gasteiger partial charge >= 0.3 is 5.97 Å². The van der Waals surface area contributed by atoms with Gasteiger partial charge in [-0.05, 0) is 49.4 Å². The van der Waals surface area contributed by atoms with Crippen LogP contribution in [0.25, 0.3) is 0 Å². The Kier molecular flexibility index (Phi) is 6.57. The van der Waals surface area contributed by atoms with Gasteiger partial charge < -0.3 is 14.8 Å². The first-order valence-electron chi connectivity index (χ1n) is 8.92. The van der Waals surface area contributed by atoms with Gasteiger partial charge in [0.2, 0.25) is 11.7 Å². The van der Waals surface area contributed by atoms with Crippen LogP contribution >= 0.6 is 0 Å². The lowest BCUT2D eigenvalue weighted by Crippen LogP contribution is -2.27. The van der Waals surface area contributed by atoms with Crippen molar-refractivity contribution in [1.29, 1.82) is 0 Å². The van der Waals surface area contributed by atoms with Crippen LogP contribution in [0.15, 0.2) is 48.5 Å². The molecule has 2 rings (SSSR count). The molecule has 0 aliphatic carbocycles. The third-order valence-electron chi connectivity index (χ3n) is 4.07. The first kappa shape index (κ1) is 21.2. The summed E-state index contributed by atoms with van der Waals surface area (Å²) in [5.41, 5.74) is 0.772. The molecule has 6 nitrogen and oxygen atoms in total. The zero-order valence-electron chi connectivity index (χ0n) is 16.7. The van der Waals surface area contributed by atoms with Gasteiger partial charge in [0.05, 0.1) is 12.7 Å². The quantitative estimate of drug-likeness (QED) is 0.600. The Morgan fingerprint density at radius 1 is 0.964 bits per heavy atom. The maximum Gasteiger partial charge on any atom is 0.338 e. The number of hydrogen-bond donors (Lipinski definition) is 1. The number of Topliss-reactive ketones (excluding diaryl/α,β-unsaturated/α-hetero) is 1. The largest absolute Gasteiger partial charge is 0.497 e. The van der Waals surface area contributed by atoms with E-state index in [2.05, 4.69) is 5.32 Å². The summed E-state index contributed by atoms with van der Waals surface area (Å²) in [6.45, 7) is 6.98. The predicted octanol–water partition coefficient (Wildman–Crippen LogP) is 4.11. The molecule has 28 heavy (non-hydrogen) atoms.